The fourth-order valence-electron chi connectivity index (χ4n) is 2.99. The minimum absolute atomic E-state index is 0.0554. The zero-order chi connectivity index (χ0) is 17.7. The third-order valence-corrected chi connectivity index (χ3v) is 6.19. The maximum atomic E-state index is 12.4. The molecule has 7 heteroatoms. The van der Waals surface area contributed by atoms with E-state index in [0.29, 0.717) is 50.3 Å². The van der Waals surface area contributed by atoms with E-state index in [1.165, 1.54) is 6.26 Å². The Bertz CT molecular complexity index is 678. The lowest BCUT2D eigenvalue weighted by molar-refractivity contribution is -0.132. The highest BCUT2D eigenvalue weighted by atomic mass is 32.2. The number of nitrogens with zero attached hydrogens (tertiary/aromatic N) is 1. The van der Waals surface area contributed by atoms with E-state index < -0.39 is 9.84 Å². The van der Waals surface area contributed by atoms with Gasteiger partial charge in [0.25, 0.3) is 0 Å². The summed E-state index contributed by atoms with van der Waals surface area (Å²) in [6.45, 7) is 1.02. The average molecular weight is 355 g/mol. The smallest absolute Gasteiger partial charge is 0.222 e. The number of sulfone groups is 1. The third kappa shape index (κ3) is 4.63. The van der Waals surface area contributed by atoms with Gasteiger partial charge in [-0.3, -0.25) is 4.79 Å². The van der Waals surface area contributed by atoms with Crippen molar-refractivity contribution in [1.29, 1.82) is 0 Å². The van der Waals surface area contributed by atoms with E-state index in [1.54, 1.807) is 25.2 Å². The van der Waals surface area contributed by atoms with Gasteiger partial charge in [-0.15, -0.1) is 0 Å². The van der Waals surface area contributed by atoms with Crippen LogP contribution in [-0.2, 0) is 21.1 Å². The van der Waals surface area contributed by atoms with Crippen molar-refractivity contribution in [2.75, 3.05) is 33.6 Å². The van der Waals surface area contributed by atoms with Crippen LogP contribution in [0.3, 0.4) is 0 Å². The zero-order valence-corrected chi connectivity index (χ0v) is 15.3. The second kappa shape index (κ2) is 7.88. The maximum Gasteiger partial charge on any atom is 0.222 e. The summed E-state index contributed by atoms with van der Waals surface area (Å²) in [6, 6.07) is 5.55. The summed E-state index contributed by atoms with van der Waals surface area (Å²) in [5.74, 6) is 1.47. The molecule has 0 aromatic heterocycles. The molecule has 6 nitrogen and oxygen atoms in total. The monoisotopic (exact) mass is 355 g/mol. The second-order valence-corrected chi connectivity index (χ2v) is 8.41. The predicted octanol–water partition coefficient (Wildman–Crippen LogP) is 1.67. The van der Waals surface area contributed by atoms with Gasteiger partial charge < -0.3 is 14.4 Å². The first-order chi connectivity index (χ1) is 11.3. The lowest BCUT2D eigenvalue weighted by Crippen LogP contribution is -2.42. The van der Waals surface area contributed by atoms with Crippen molar-refractivity contribution in [3.8, 4) is 11.5 Å². The quantitative estimate of drug-likeness (QED) is 0.776. The number of likely N-dealkylation sites (tertiary alicyclic amines) is 1. The molecule has 0 unspecified atom stereocenters. The molecule has 0 atom stereocenters. The first-order valence-electron chi connectivity index (χ1n) is 8.02. The SMILES string of the molecule is COc1ccc(CCC(=O)N2CCC(S(C)(=O)=O)CC2)c(OC)c1. The molecule has 0 saturated carbocycles. The number of hydrogen-bond donors (Lipinski definition) is 0. The summed E-state index contributed by atoms with van der Waals surface area (Å²) in [4.78, 5) is 14.1. The normalized spacial score (nSPS) is 16.0. The van der Waals surface area contributed by atoms with Crippen molar-refractivity contribution >= 4 is 15.7 Å². The molecule has 1 heterocycles. The molecular formula is C17H25NO5S. The van der Waals surface area contributed by atoms with Crippen molar-refractivity contribution in [2.45, 2.75) is 30.9 Å². The summed E-state index contributed by atoms with van der Waals surface area (Å²) in [6.07, 6.45) is 3.28. The van der Waals surface area contributed by atoms with Gasteiger partial charge >= 0.3 is 0 Å². The summed E-state index contributed by atoms with van der Waals surface area (Å²) < 4.78 is 33.6. The summed E-state index contributed by atoms with van der Waals surface area (Å²) in [7, 11) is 0.176. The van der Waals surface area contributed by atoms with Crippen LogP contribution in [0.2, 0.25) is 0 Å². The second-order valence-electron chi connectivity index (χ2n) is 6.09. The van der Waals surface area contributed by atoms with Gasteiger partial charge in [-0.2, -0.15) is 0 Å². The predicted molar refractivity (Wildman–Crippen MR) is 92.3 cm³/mol. The van der Waals surface area contributed by atoms with E-state index in [0.717, 1.165) is 5.56 Å². The molecule has 1 aromatic carbocycles. The van der Waals surface area contributed by atoms with Crippen LogP contribution in [0.25, 0.3) is 0 Å². The molecule has 1 amide bonds. The van der Waals surface area contributed by atoms with Crippen LogP contribution in [0.15, 0.2) is 18.2 Å². The molecule has 1 aromatic rings. The summed E-state index contributed by atoms with van der Waals surface area (Å²) in [5, 5.41) is -0.316. The number of amides is 1. The van der Waals surface area contributed by atoms with Crippen LogP contribution in [0, 0.1) is 0 Å². The Balaban J connectivity index is 1.90. The molecule has 0 N–H and O–H groups in total. The molecule has 0 spiro atoms. The van der Waals surface area contributed by atoms with Crippen LogP contribution >= 0.6 is 0 Å². The Morgan fingerprint density at radius 2 is 1.88 bits per heavy atom. The molecule has 1 saturated heterocycles. The largest absolute Gasteiger partial charge is 0.497 e. The molecule has 1 aliphatic rings. The van der Waals surface area contributed by atoms with Crippen LogP contribution < -0.4 is 9.47 Å². The number of rotatable bonds is 6. The van der Waals surface area contributed by atoms with Crippen molar-refractivity contribution in [1.82, 2.24) is 4.90 Å². The van der Waals surface area contributed by atoms with Crippen LogP contribution in [0.1, 0.15) is 24.8 Å². The number of benzene rings is 1. The van der Waals surface area contributed by atoms with Gasteiger partial charge in [-0.25, -0.2) is 8.42 Å². The highest BCUT2D eigenvalue weighted by Crippen LogP contribution is 2.26. The van der Waals surface area contributed by atoms with Gasteiger partial charge in [0, 0.05) is 31.8 Å². The summed E-state index contributed by atoms with van der Waals surface area (Å²) >= 11 is 0. The fourth-order valence-corrected chi connectivity index (χ4v) is 4.06. The molecule has 24 heavy (non-hydrogen) atoms. The third-order valence-electron chi connectivity index (χ3n) is 4.50. The standard InChI is InChI=1S/C17H25NO5S/c1-22-14-6-4-13(16(12-14)23-2)5-7-17(19)18-10-8-15(9-11-18)24(3,20)21/h4,6,12,15H,5,7-11H2,1-3H3. The number of ether oxygens (including phenoxy) is 2. The van der Waals surface area contributed by atoms with E-state index in [4.69, 9.17) is 9.47 Å². The summed E-state index contributed by atoms with van der Waals surface area (Å²) in [5.41, 5.74) is 0.956. The van der Waals surface area contributed by atoms with Gasteiger partial charge in [0.15, 0.2) is 0 Å². The van der Waals surface area contributed by atoms with E-state index in [2.05, 4.69) is 0 Å². The number of carbonyl (C=O) groups excluding carboxylic acids is 1. The Hall–Kier alpha value is -1.76. The Morgan fingerprint density at radius 3 is 2.42 bits per heavy atom. The molecule has 134 valence electrons. The number of aryl methyl sites for hydroxylation is 1. The van der Waals surface area contributed by atoms with Crippen molar-refractivity contribution in [2.24, 2.45) is 0 Å². The zero-order valence-electron chi connectivity index (χ0n) is 14.4. The number of methoxy groups -OCH3 is 2. The van der Waals surface area contributed by atoms with E-state index in [1.807, 2.05) is 12.1 Å². The number of piperidine rings is 1. The Labute approximate surface area is 143 Å². The van der Waals surface area contributed by atoms with Crippen LogP contribution in [0.5, 0.6) is 11.5 Å². The van der Waals surface area contributed by atoms with Crippen molar-refractivity contribution in [3.05, 3.63) is 23.8 Å². The van der Waals surface area contributed by atoms with Crippen LogP contribution in [0.4, 0.5) is 0 Å². The first kappa shape index (κ1) is 18.6. The van der Waals surface area contributed by atoms with Crippen molar-refractivity contribution < 1.29 is 22.7 Å². The molecule has 0 bridgehead atoms. The van der Waals surface area contributed by atoms with Gasteiger partial charge in [0.1, 0.15) is 21.3 Å². The van der Waals surface area contributed by atoms with Gasteiger partial charge in [-0.1, -0.05) is 6.07 Å². The highest BCUT2D eigenvalue weighted by molar-refractivity contribution is 7.91. The fraction of sp³-hybridized carbons (Fsp3) is 0.588. The molecule has 2 rings (SSSR count). The molecule has 0 radical (unpaired) electrons. The van der Waals surface area contributed by atoms with E-state index >= 15 is 0 Å². The number of carbonyl (C=O) groups is 1. The lowest BCUT2D eigenvalue weighted by atomic mass is 10.1. The average Bonchev–Trinajstić information content (AvgIpc) is 2.58. The molecule has 1 fully saturated rings. The molecule has 0 aliphatic carbocycles. The van der Waals surface area contributed by atoms with E-state index in [9.17, 15) is 13.2 Å². The molecular weight excluding hydrogens is 330 g/mol. The van der Waals surface area contributed by atoms with Crippen LogP contribution in [-0.4, -0.2) is 58.0 Å². The van der Waals surface area contributed by atoms with Crippen molar-refractivity contribution in [3.63, 3.8) is 0 Å². The van der Waals surface area contributed by atoms with E-state index in [-0.39, 0.29) is 11.2 Å². The number of hydrogen-bond acceptors (Lipinski definition) is 5. The minimum atomic E-state index is -3.01. The lowest BCUT2D eigenvalue weighted by Gasteiger charge is -2.31. The maximum absolute atomic E-state index is 12.4. The minimum Gasteiger partial charge on any atom is -0.497 e. The Kier molecular flexibility index (Phi) is 6.10. The first-order valence-corrected chi connectivity index (χ1v) is 9.98. The topological polar surface area (TPSA) is 72.9 Å². The van der Waals surface area contributed by atoms with Gasteiger partial charge in [-0.05, 0) is 30.9 Å². The van der Waals surface area contributed by atoms with Gasteiger partial charge in [0.05, 0.1) is 19.5 Å². The Morgan fingerprint density at radius 1 is 1.21 bits per heavy atom. The van der Waals surface area contributed by atoms with Gasteiger partial charge in [0.2, 0.25) is 5.91 Å². The molecule has 1 aliphatic heterocycles. The highest BCUT2D eigenvalue weighted by Gasteiger charge is 2.28.